The zero-order valence-corrected chi connectivity index (χ0v) is 12.2. The molecule has 3 N–H and O–H groups in total. The first kappa shape index (κ1) is 14.7. The summed E-state index contributed by atoms with van der Waals surface area (Å²) in [6.45, 7) is 0.443. The van der Waals surface area contributed by atoms with Crippen molar-refractivity contribution in [2.45, 2.75) is 37.8 Å². The van der Waals surface area contributed by atoms with Gasteiger partial charge in [-0.2, -0.15) is 0 Å². The van der Waals surface area contributed by atoms with E-state index in [9.17, 15) is 9.59 Å². The molecule has 6 heteroatoms. The molecule has 1 heterocycles. The molecule has 1 saturated carbocycles. The molecule has 6 nitrogen and oxygen atoms in total. The normalized spacial score (nSPS) is 26.6. The Labute approximate surface area is 128 Å². The van der Waals surface area contributed by atoms with Gasteiger partial charge in [0, 0.05) is 11.6 Å². The third kappa shape index (κ3) is 3.16. The van der Waals surface area contributed by atoms with E-state index in [2.05, 4.69) is 10.6 Å². The first-order valence-corrected chi connectivity index (χ1v) is 7.65. The number of nitrogens with one attached hydrogen (secondary N) is 2. The van der Waals surface area contributed by atoms with Crippen molar-refractivity contribution in [3.05, 3.63) is 29.8 Å². The Morgan fingerprint density at radius 1 is 1.09 bits per heavy atom. The van der Waals surface area contributed by atoms with Crippen LogP contribution in [0.2, 0.25) is 0 Å². The molecule has 118 valence electrons. The van der Waals surface area contributed by atoms with E-state index < -0.39 is 5.97 Å². The molecule has 1 aliphatic heterocycles. The maximum Gasteiger partial charge on any atom is 0.315 e. The monoisotopic (exact) mass is 304 g/mol. The molecule has 0 aromatic heterocycles. The van der Waals surface area contributed by atoms with Crippen LogP contribution in [-0.2, 0) is 4.79 Å². The van der Waals surface area contributed by atoms with Crippen molar-refractivity contribution in [3.63, 3.8) is 0 Å². The molecule has 2 amide bonds. The fraction of sp³-hybridized carbons (Fsp3) is 0.500. The highest BCUT2D eigenvalue weighted by molar-refractivity contribution is 5.75. The Morgan fingerprint density at radius 3 is 2.55 bits per heavy atom. The Balaban J connectivity index is 1.49. The lowest BCUT2D eigenvalue weighted by molar-refractivity contribution is -0.142. The summed E-state index contributed by atoms with van der Waals surface area (Å²) in [7, 11) is 0. The fourth-order valence-electron chi connectivity index (χ4n) is 3.15. The topological polar surface area (TPSA) is 87.7 Å². The van der Waals surface area contributed by atoms with Gasteiger partial charge in [-0.15, -0.1) is 0 Å². The second-order valence-corrected chi connectivity index (χ2v) is 5.91. The zero-order chi connectivity index (χ0) is 15.5. The van der Waals surface area contributed by atoms with Gasteiger partial charge in [0.25, 0.3) is 0 Å². The lowest BCUT2D eigenvalue weighted by atomic mass is 9.86. The van der Waals surface area contributed by atoms with Crippen LogP contribution in [0, 0.1) is 5.92 Å². The van der Waals surface area contributed by atoms with Crippen LogP contribution < -0.4 is 15.4 Å². The summed E-state index contributed by atoms with van der Waals surface area (Å²) in [6.07, 6.45) is 2.66. The Hall–Kier alpha value is -2.24. The maximum atomic E-state index is 12.1. The number of carboxylic acids is 1. The molecule has 0 bridgehead atoms. The summed E-state index contributed by atoms with van der Waals surface area (Å²) in [6, 6.07) is 7.37. The van der Waals surface area contributed by atoms with Crippen LogP contribution in [-0.4, -0.2) is 29.8 Å². The van der Waals surface area contributed by atoms with Gasteiger partial charge >= 0.3 is 12.0 Å². The Morgan fingerprint density at radius 2 is 1.82 bits per heavy atom. The van der Waals surface area contributed by atoms with E-state index in [0.29, 0.717) is 32.3 Å². The molecule has 0 spiro atoms. The summed E-state index contributed by atoms with van der Waals surface area (Å²) in [5.41, 5.74) is 0.993. The summed E-state index contributed by atoms with van der Waals surface area (Å²) in [5, 5.41) is 14.8. The van der Waals surface area contributed by atoms with Gasteiger partial charge in [-0.25, -0.2) is 4.79 Å². The summed E-state index contributed by atoms with van der Waals surface area (Å²) >= 11 is 0. The number of carbonyl (C=O) groups is 2. The van der Waals surface area contributed by atoms with E-state index in [1.165, 1.54) is 0 Å². The number of hydrogen-bond acceptors (Lipinski definition) is 3. The molecule has 1 unspecified atom stereocenters. The molecule has 1 atom stereocenters. The van der Waals surface area contributed by atoms with Gasteiger partial charge in [0.15, 0.2) is 0 Å². The fourth-order valence-corrected chi connectivity index (χ4v) is 3.15. The molecule has 1 fully saturated rings. The van der Waals surface area contributed by atoms with Crippen molar-refractivity contribution in [3.8, 4) is 5.75 Å². The first-order valence-electron chi connectivity index (χ1n) is 7.65. The average Bonchev–Trinajstić information content (AvgIpc) is 2.91. The first-order chi connectivity index (χ1) is 10.6. The highest BCUT2D eigenvalue weighted by Crippen LogP contribution is 2.31. The Bertz CT molecular complexity index is 567. The number of fused-ring (bicyclic) bond motifs is 1. The summed E-state index contributed by atoms with van der Waals surface area (Å²) in [4.78, 5) is 23.0. The molecule has 22 heavy (non-hydrogen) atoms. The predicted molar refractivity (Wildman–Crippen MR) is 79.7 cm³/mol. The molecule has 1 aliphatic carbocycles. The number of carbonyl (C=O) groups excluding carboxylic acids is 1. The highest BCUT2D eigenvalue weighted by Gasteiger charge is 2.29. The summed E-state index contributed by atoms with van der Waals surface area (Å²) in [5.74, 6) is -0.186. The van der Waals surface area contributed by atoms with Gasteiger partial charge in [0.05, 0.1) is 12.0 Å². The lowest BCUT2D eigenvalue weighted by Gasteiger charge is -2.27. The van der Waals surface area contributed by atoms with E-state index in [1.807, 2.05) is 24.3 Å². The van der Waals surface area contributed by atoms with Crippen molar-refractivity contribution < 1.29 is 19.4 Å². The van der Waals surface area contributed by atoms with E-state index in [0.717, 1.165) is 11.3 Å². The SMILES string of the molecule is O=C(NC1CCC(C(=O)O)CC1)NC1COc2ccccc21. The molecular weight excluding hydrogens is 284 g/mol. The van der Waals surface area contributed by atoms with E-state index in [4.69, 9.17) is 9.84 Å². The van der Waals surface area contributed by atoms with Crippen LogP contribution in [0.25, 0.3) is 0 Å². The molecule has 1 aromatic carbocycles. The standard InChI is InChI=1S/C16H20N2O4/c19-15(20)10-5-7-11(8-6-10)17-16(21)18-13-9-22-14-4-2-1-3-12(13)14/h1-4,10-11,13H,5-9H2,(H,19,20)(H2,17,18,21). The van der Waals surface area contributed by atoms with E-state index >= 15 is 0 Å². The number of ether oxygens (including phenoxy) is 1. The lowest BCUT2D eigenvalue weighted by Crippen LogP contribution is -2.45. The number of amides is 2. The largest absolute Gasteiger partial charge is 0.491 e. The van der Waals surface area contributed by atoms with Crippen LogP contribution in [0.5, 0.6) is 5.75 Å². The molecule has 0 saturated heterocycles. The maximum absolute atomic E-state index is 12.1. The highest BCUT2D eigenvalue weighted by atomic mass is 16.5. The number of rotatable bonds is 3. The van der Waals surface area contributed by atoms with Gasteiger partial charge in [-0.1, -0.05) is 18.2 Å². The van der Waals surface area contributed by atoms with Crippen LogP contribution >= 0.6 is 0 Å². The van der Waals surface area contributed by atoms with Crippen molar-refractivity contribution in [1.82, 2.24) is 10.6 Å². The van der Waals surface area contributed by atoms with Gasteiger partial charge in [-0.05, 0) is 31.7 Å². The van der Waals surface area contributed by atoms with Crippen molar-refractivity contribution >= 4 is 12.0 Å². The van der Waals surface area contributed by atoms with E-state index in [-0.39, 0.29) is 24.0 Å². The molecule has 0 radical (unpaired) electrons. The number of urea groups is 1. The van der Waals surface area contributed by atoms with Gasteiger partial charge < -0.3 is 20.5 Å². The minimum Gasteiger partial charge on any atom is -0.491 e. The molecule has 3 rings (SSSR count). The van der Waals surface area contributed by atoms with Gasteiger partial charge in [0.2, 0.25) is 0 Å². The second kappa shape index (κ2) is 6.25. The third-order valence-electron chi connectivity index (χ3n) is 4.42. The quantitative estimate of drug-likeness (QED) is 0.797. The predicted octanol–water partition coefficient (Wildman–Crippen LogP) is 2.06. The molecule has 1 aromatic rings. The van der Waals surface area contributed by atoms with Crippen molar-refractivity contribution in [1.29, 1.82) is 0 Å². The average molecular weight is 304 g/mol. The molecule has 2 aliphatic rings. The van der Waals surface area contributed by atoms with E-state index in [1.54, 1.807) is 0 Å². The molecular formula is C16H20N2O4. The van der Waals surface area contributed by atoms with Crippen LogP contribution in [0.1, 0.15) is 37.3 Å². The smallest absolute Gasteiger partial charge is 0.315 e. The van der Waals surface area contributed by atoms with Crippen LogP contribution in [0.3, 0.4) is 0 Å². The minimum absolute atomic E-state index is 0.0492. The number of carboxylic acid groups (broad SMARTS) is 1. The van der Waals surface area contributed by atoms with Crippen molar-refractivity contribution in [2.24, 2.45) is 5.92 Å². The summed E-state index contributed by atoms with van der Waals surface area (Å²) < 4.78 is 5.53. The minimum atomic E-state index is -0.734. The number of hydrogen-bond donors (Lipinski definition) is 3. The number of para-hydroxylation sites is 1. The zero-order valence-electron chi connectivity index (χ0n) is 12.2. The Kier molecular flexibility index (Phi) is 4.18. The van der Waals surface area contributed by atoms with Crippen molar-refractivity contribution in [2.75, 3.05) is 6.61 Å². The van der Waals surface area contributed by atoms with Gasteiger partial charge in [-0.3, -0.25) is 4.79 Å². The second-order valence-electron chi connectivity index (χ2n) is 5.91. The number of aliphatic carboxylic acids is 1. The van der Waals surface area contributed by atoms with Crippen LogP contribution in [0.4, 0.5) is 4.79 Å². The van der Waals surface area contributed by atoms with Crippen LogP contribution in [0.15, 0.2) is 24.3 Å². The van der Waals surface area contributed by atoms with Gasteiger partial charge in [0.1, 0.15) is 12.4 Å². The number of benzene rings is 1. The third-order valence-corrected chi connectivity index (χ3v) is 4.42.